The molecule has 0 aliphatic carbocycles. The highest BCUT2D eigenvalue weighted by Crippen LogP contribution is 2.37. The third kappa shape index (κ3) is 0.265. The average molecular weight is 128 g/mol. The second-order valence-electron chi connectivity index (χ2n) is 1.76. The van der Waals surface area contributed by atoms with Crippen LogP contribution < -0.4 is 0 Å². The predicted molar refractivity (Wildman–Crippen MR) is 26.7 cm³/mol. The number of hydrogen-bond acceptors (Lipinski definition) is 2. The summed E-state index contributed by atoms with van der Waals surface area (Å²) >= 11 is 0. The van der Waals surface area contributed by atoms with Gasteiger partial charge in [0.2, 0.25) is 11.9 Å². The summed E-state index contributed by atoms with van der Waals surface area (Å²) in [7, 11) is 0.889. The molecule has 0 unspecified atom stereocenters. The third-order valence-electron chi connectivity index (χ3n) is 1.23. The van der Waals surface area contributed by atoms with E-state index in [1.807, 2.05) is 0 Å². The summed E-state index contributed by atoms with van der Waals surface area (Å²) in [5.74, 6) is 0.265. The van der Waals surface area contributed by atoms with Crippen molar-refractivity contribution >= 4 is 14.3 Å². The van der Waals surface area contributed by atoms with Crippen LogP contribution in [0, 0.1) is 0 Å². The molecule has 0 fully saturated rings. The zero-order chi connectivity index (χ0) is 5.72. The van der Waals surface area contributed by atoms with Crippen molar-refractivity contribution in [2.75, 3.05) is 6.54 Å². The molecule has 0 radical (unpaired) electrons. The van der Waals surface area contributed by atoms with Crippen LogP contribution in [0.15, 0.2) is 11.1 Å². The zero-order valence-corrected chi connectivity index (χ0v) is 4.85. The molecule has 1 amide bonds. The fourth-order valence-electron chi connectivity index (χ4n) is 0.791. The van der Waals surface area contributed by atoms with Gasteiger partial charge in [-0.1, -0.05) is 0 Å². The Morgan fingerprint density at radius 1 is 1.75 bits per heavy atom. The number of amides is 1. The highest BCUT2D eigenvalue weighted by atomic mass is 31.1. The molecule has 3 aliphatic rings. The van der Waals surface area contributed by atoms with Gasteiger partial charge in [-0.25, -0.2) is 4.79 Å². The lowest BCUT2D eigenvalue weighted by Gasteiger charge is -1.90. The van der Waals surface area contributed by atoms with Crippen molar-refractivity contribution in [3.05, 3.63) is 11.1 Å². The van der Waals surface area contributed by atoms with E-state index in [0.29, 0.717) is 11.9 Å². The van der Waals surface area contributed by atoms with E-state index in [4.69, 9.17) is 5.11 Å². The molecule has 8 heavy (non-hydrogen) atoms. The van der Waals surface area contributed by atoms with Crippen molar-refractivity contribution < 1.29 is 14.2 Å². The van der Waals surface area contributed by atoms with Crippen LogP contribution >= 0.6 is 8.37 Å². The highest BCUT2D eigenvalue weighted by molar-refractivity contribution is 7.34. The number of aliphatic hydroxyl groups is 1. The summed E-state index contributed by atoms with van der Waals surface area (Å²) in [6.07, 6.45) is 0. The van der Waals surface area contributed by atoms with Crippen LogP contribution in [0.5, 0.6) is 0 Å². The second-order valence-corrected chi connectivity index (χ2v) is 2.89. The van der Waals surface area contributed by atoms with E-state index in [1.165, 1.54) is 0 Å². The van der Waals surface area contributed by atoms with Gasteiger partial charge in [0.25, 0.3) is 8.37 Å². The van der Waals surface area contributed by atoms with Crippen molar-refractivity contribution in [3.63, 3.8) is 0 Å². The van der Waals surface area contributed by atoms with Crippen molar-refractivity contribution in [1.82, 2.24) is 0 Å². The van der Waals surface area contributed by atoms with Gasteiger partial charge in [-0.15, -0.1) is 4.33 Å². The molecule has 0 aromatic rings. The number of nitrogens with zero attached hydrogens (tertiary/aromatic N) is 1. The van der Waals surface area contributed by atoms with Crippen LogP contribution in [0.1, 0.15) is 0 Å². The number of aliphatic hydroxyl groups excluding tert-OH is 1. The first-order chi connectivity index (χ1) is 3.79. The Bertz CT molecular complexity index is 240. The molecule has 3 aliphatic heterocycles. The summed E-state index contributed by atoms with van der Waals surface area (Å²) in [6.45, 7) is 0.440. The van der Waals surface area contributed by atoms with Gasteiger partial charge in [-0.3, -0.25) is 0 Å². The Balaban J connectivity index is 2.63. The van der Waals surface area contributed by atoms with Crippen LogP contribution in [0.2, 0.25) is 0 Å². The largest absolute Gasteiger partial charge is 0.505 e. The quantitative estimate of drug-likeness (QED) is 0.481. The second kappa shape index (κ2) is 1.00. The van der Waals surface area contributed by atoms with E-state index >= 15 is 0 Å². The fraction of sp³-hybridized carbons (Fsp3) is 0.250. The molecule has 3 heterocycles. The minimum Gasteiger partial charge on any atom is -0.505 e. The molecule has 0 atom stereocenters. The van der Waals surface area contributed by atoms with Crippen LogP contribution in [-0.4, -0.2) is 21.9 Å². The Morgan fingerprint density at radius 3 is 2.62 bits per heavy atom. The number of fused-ring (bicyclic) bond motifs is 1. The molecular formula is C4H3NO2P+. The molecule has 1 N–H and O–H groups in total. The van der Waals surface area contributed by atoms with Crippen molar-refractivity contribution in [1.29, 1.82) is 0 Å². The van der Waals surface area contributed by atoms with E-state index in [-0.39, 0.29) is 11.7 Å². The Morgan fingerprint density at radius 2 is 2.50 bits per heavy atom. The van der Waals surface area contributed by atoms with E-state index in [1.54, 1.807) is 4.33 Å². The summed E-state index contributed by atoms with van der Waals surface area (Å²) < 4.78 is 1.57. The predicted octanol–water partition coefficient (Wildman–Crippen LogP) is 0.452. The Hall–Kier alpha value is -0.690. The van der Waals surface area contributed by atoms with E-state index < -0.39 is 0 Å². The maximum absolute atomic E-state index is 10.5. The maximum atomic E-state index is 10.5. The van der Waals surface area contributed by atoms with Crippen molar-refractivity contribution in [3.8, 4) is 0 Å². The molecule has 0 saturated carbocycles. The van der Waals surface area contributed by atoms with Crippen LogP contribution in [0.4, 0.5) is 0 Å². The van der Waals surface area contributed by atoms with E-state index in [9.17, 15) is 4.79 Å². The molecule has 0 spiro atoms. The fourth-order valence-corrected chi connectivity index (χ4v) is 1.68. The van der Waals surface area contributed by atoms with Crippen LogP contribution in [0.25, 0.3) is 0 Å². The highest BCUT2D eigenvalue weighted by Gasteiger charge is 2.47. The van der Waals surface area contributed by atoms with Crippen LogP contribution in [-0.2, 0) is 4.79 Å². The van der Waals surface area contributed by atoms with Gasteiger partial charge in [-0.05, 0) is 0 Å². The Kier molecular flexibility index (Phi) is 0.529. The molecule has 2 bridgehead atoms. The number of carbonyl (C=O) groups excluding carboxylic acids is 1. The summed E-state index contributed by atoms with van der Waals surface area (Å²) in [5, 5.41) is 9.41. The van der Waals surface area contributed by atoms with Gasteiger partial charge in [0.15, 0.2) is 5.76 Å². The average Bonchev–Trinajstić information content (AvgIpc) is 2.19. The molecule has 0 aromatic carbocycles. The monoisotopic (exact) mass is 128 g/mol. The van der Waals surface area contributed by atoms with Gasteiger partial charge in [0.1, 0.15) is 0 Å². The normalized spacial score (nSPS) is 25.5. The molecule has 40 valence electrons. The number of hydrogen-bond donors (Lipinski definition) is 1. The number of rotatable bonds is 0. The van der Waals surface area contributed by atoms with Gasteiger partial charge in [-0.2, -0.15) is 0 Å². The lowest BCUT2D eigenvalue weighted by atomic mass is 10.5. The minimum atomic E-state index is 0.00386. The minimum absolute atomic E-state index is 0.00386. The molecule has 3 rings (SSSR count). The molecular weight excluding hydrogens is 125 g/mol. The van der Waals surface area contributed by atoms with Crippen molar-refractivity contribution in [2.45, 2.75) is 0 Å². The van der Waals surface area contributed by atoms with Crippen molar-refractivity contribution in [2.24, 2.45) is 0 Å². The standard InChI is InChI=1S/C4H2NO2P/c6-2-1-5-4(7)3(2)8-5/h1H2/p+1. The molecule has 0 saturated heterocycles. The summed E-state index contributed by atoms with van der Waals surface area (Å²) in [6, 6.07) is 0. The molecule has 3 nitrogen and oxygen atoms in total. The number of carbonyl (C=O) groups is 1. The van der Waals surface area contributed by atoms with E-state index in [0.717, 1.165) is 8.37 Å². The lowest BCUT2D eigenvalue weighted by Crippen LogP contribution is -2.16. The Labute approximate surface area is 47.1 Å². The first kappa shape index (κ1) is 4.21. The van der Waals surface area contributed by atoms with E-state index in [2.05, 4.69) is 0 Å². The third-order valence-corrected chi connectivity index (χ3v) is 2.44. The van der Waals surface area contributed by atoms with Gasteiger partial charge in [0, 0.05) is 0 Å². The van der Waals surface area contributed by atoms with Crippen LogP contribution in [0.3, 0.4) is 0 Å². The SMILES string of the molecule is O=C1C2=C(O)C[N+]1=P2. The molecule has 4 heteroatoms. The molecule has 0 aromatic heterocycles. The zero-order valence-electron chi connectivity index (χ0n) is 3.96. The van der Waals surface area contributed by atoms with Gasteiger partial charge in [0.05, 0.1) is 0 Å². The lowest BCUT2D eigenvalue weighted by molar-refractivity contribution is -0.414. The summed E-state index contributed by atoms with van der Waals surface area (Å²) in [5.41, 5.74) is 0. The maximum Gasteiger partial charge on any atom is 0.436 e. The first-order valence-corrected chi connectivity index (χ1v) is 3.09. The first-order valence-electron chi connectivity index (χ1n) is 2.24. The smallest absolute Gasteiger partial charge is 0.436 e. The van der Waals surface area contributed by atoms with Gasteiger partial charge < -0.3 is 5.11 Å². The topological polar surface area (TPSA) is 40.3 Å². The van der Waals surface area contributed by atoms with Gasteiger partial charge >= 0.3 is 5.91 Å². The summed E-state index contributed by atoms with van der Waals surface area (Å²) in [4.78, 5) is 10.5.